The molecule has 6 heteroatoms. The third-order valence-electron chi connectivity index (χ3n) is 3.93. The zero-order valence-corrected chi connectivity index (χ0v) is 13.7. The highest BCUT2D eigenvalue weighted by atomic mass is 35.5. The van der Waals surface area contributed by atoms with Gasteiger partial charge < -0.3 is 19.8 Å². The number of carbonyl (C=O) groups is 1. The van der Waals surface area contributed by atoms with Crippen molar-refractivity contribution in [3.8, 4) is 0 Å². The third kappa shape index (κ3) is 4.70. The average molecular weight is 337 g/mol. The lowest BCUT2D eigenvalue weighted by atomic mass is 10.1. The number of amides is 1. The standard InChI is InChI=1S/C17H21ClN2O3/c18-13-4-5-16-12(7-13)8-14(20-16)9-19-17(21)11-22-10-15-3-1-2-6-23-15/h4-5,7-8,15,20H,1-3,6,9-11H2,(H,19,21). The van der Waals surface area contributed by atoms with Crippen LogP contribution in [-0.4, -0.2) is 36.8 Å². The van der Waals surface area contributed by atoms with E-state index in [1.54, 1.807) is 0 Å². The first-order chi connectivity index (χ1) is 11.2. The second-order valence-electron chi connectivity index (χ2n) is 5.81. The summed E-state index contributed by atoms with van der Waals surface area (Å²) in [5, 5.41) is 4.58. The van der Waals surface area contributed by atoms with E-state index in [0.717, 1.165) is 36.0 Å². The Labute approximate surface area is 140 Å². The monoisotopic (exact) mass is 336 g/mol. The Hall–Kier alpha value is -1.56. The maximum absolute atomic E-state index is 11.8. The second-order valence-corrected chi connectivity index (χ2v) is 6.24. The highest BCUT2D eigenvalue weighted by molar-refractivity contribution is 6.31. The van der Waals surface area contributed by atoms with Gasteiger partial charge in [0.1, 0.15) is 6.61 Å². The summed E-state index contributed by atoms with van der Waals surface area (Å²) >= 11 is 5.97. The van der Waals surface area contributed by atoms with Crippen LogP contribution in [0.15, 0.2) is 24.3 Å². The molecule has 1 unspecified atom stereocenters. The fraction of sp³-hybridized carbons (Fsp3) is 0.471. The number of benzene rings is 1. The molecule has 0 aliphatic carbocycles. The number of hydrogen-bond donors (Lipinski definition) is 2. The first-order valence-corrected chi connectivity index (χ1v) is 8.32. The molecule has 1 aliphatic rings. The lowest BCUT2D eigenvalue weighted by Crippen LogP contribution is -2.30. The van der Waals surface area contributed by atoms with Crippen molar-refractivity contribution in [3.05, 3.63) is 35.0 Å². The Morgan fingerprint density at radius 2 is 2.30 bits per heavy atom. The molecule has 124 valence electrons. The van der Waals surface area contributed by atoms with Gasteiger partial charge in [-0.2, -0.15) is 0 Å². The molecule has 1 aliphatic heterocycles. The SMILES string of the molecule is O=C(COCC1CCCCO1)NCc1cc2cc(Cl)ccc2[nH]1. The van der Waals surface area contributed by atoms with Crippen molar-refractivity contribution in [1.82, 2.24) is 10.3 Å². The van der Waals surface area contributed by atoms with Crippen LogP contribution in [0.25, 0.3) is 10.9 Å². The van der Waals surface area contributed by atoms with Gasteiger partial charge in [0.2, 0.25) is 5.91 Å². The van der Waals surface area contributed by atoms with Gasteiger partial charge in [0.15, 0.2) is 0 Å². The number of halogens is 1. The van der Waals surface area contributed by atoms with Crippen molar-refractivity contribution < 1.29 is 14.3 Å². The first-order valence-electron chi connectivity index (χ1n) is 7.94. The number of ether oxygens (including phenoxy) is 2. The summed E-state index contributed by atoms with van der Waals surface area (Å²) < 4.78 is 11.0. The van der Waals surface area contributed by atoms with E-state index >= 15 is 0 Å². The average Bonchev–Trinajstić information content (AvgIpc) is 2.96. The highest BCUT2D eigenvalue weighted by Crippen LogP contribution is 2.20. The summed E-state index contributed by atoms with van der Waals surface area (Å²) in [7, 11) is 0. The molecule has 0 saturated carbocycles. The highest BCUT2D eigenvalue weighted by Gasteiger charge is 2.14. The van der Waals surface area contributed by atoms with Gasteiger partial charge in [0.25, 0.3) is 0 Å². The molecule has 3 rings (SSSR count). The van der Waals surface area contributed by atoms with Crippen molar-refractivity contribution in [3.63, 3.8) is 0 Å². The number of rotatable bonds is 6. The molecule has 1 aromatic heterocycles. The van der Waals surface area contributed by atoms with Gasteiger partial charge in [-0.15, -0.1) is 0 Å². The minimum atomic E-state index is -0.127. The maximum atomic E-state index is 11.8. The van der Waals surface area contributed by atoms with Crippen molar-refractivity contribution in [2.45, 2.75) is 31.9 Å². The van der Waals surface area contributed by atoms with Gasteiger partial charge in [-0.1, -0.05) is 11.6 Å². The zero-order valence-electron chi connectivity index (χ0n) is 12.9. The van der Waals surface area contributed by atoms with E-state index in [0.29, 0.717) is 18.2 Å². The molecule has 2 aromatic rings. The van der Waals surface area contributed by atoms with Crippen molar-refractivity contribution >= 4 is 28.4 Å². The molecule has 23 heavy (non-hydrogen) atoms. The Morgan fingerprint density at radius 3 is 3.13 bits per heavy atom. The van der Waals surface area contributed by atoms with Crippen molar-refractivity contribution in [1.29, 1.82) is 0 Å². The van der Waals surface area contributed by atoms with Crippen LogP contribution >= 0.6 is 11.6 Å². The van der Waals surface area contributed by atoms with E-state index in [-0.39, 0.29) is 18.6 Å². The Morgan fingerprint density at radius 1 is 1.39 bits per heavy atom. The van der Waals surface area contributed by atoms with Crippen LogP contribution in [0.2, 0.25) is 5.02 Å². The number of H-pyrrole nitrogens is 1. The van der Waals surface area contributed by atoms with E-state index in [9.17, 15) is 4.79 Å². The summed E-state index contributed by atoms with van der Waals surface area (Å²) in [6, 6.07) is 7.64. The fourth-order valence-electron chi connectivity index (χ4n) is 2.73. The minimum absolute atomic E-state index is 0.0614. The predicted octanol–water partition coefficient (Wildman–Crippen LogP) is 3.02. The molecule has 0 bridgehead atoms. The number of fused-ring (bicyclic) bond motifs is 1. The topological polar surface area (TPSA) is 63.4 Å². The van der Waals surface area contributed by atoms with Crippen LogP contribution in [0.1, 0.15) is 25.0 Å². The molecule has 5 nitrogen and oxygen atoms in total. The lowest BCUT2D eigenvalue weighted by Gasteiger charge is -2.22. The normalized spacial score (nSPS) is 18.2. The Bertz CT molecular complexity index is 665. The van der Waals surface area contributed by atoms with E-state index in [2.05, 4.69) is 10.3 Å². The maximum Gasteiger partial charge on any atom is 0.246 e. The van der Waals surface area contributed by atoms with Gasteiger partial charge in [-0.3, -0.25) is 4.79 Å². The van der Waals surface area contributed by atoms with Crippen molar-refractivity contribution in [2.75, 3.05) is 19.8 Å². The number of carbonyl (C=O) groups excluding carboxylic acids is 1. The van der Waals surface area contributed by atoms with Crippen molar-refractivity contribution in [2.24, 2.45) is 0 Å². The molecular formula is C17H21ClN2O3. The van der Waals surface area contributed by atoms with E-state index < -0.39 is 0 Å². The van der Waals surface area contributed by atoms with E-state index in [1.165, 1.54) is 6.42 Å². The minimum Gasteiger partial charge on any atom is -0.376 e. The van der Waals surface area contributed by atoms with Crippen LogP contribution < -0.4 is 5.32 Å². The smallest absolute Gasteiger partial charge is 0.246 e. The van der Waals surface area contributed by atoms with Gasteiger partial charge in [-0.25, -0.2) is 0 Å². The zero-order chi connectivity index (χ0) is 16.1. The Kier molecular flexibility index (Phi) is 5.54. The first kappa shape index (κ1) is 16.3. The Balaban J connectivity index is 1.40. The van der Waals surface area contributed by atoms with Crippen LogP contribution in [0.5, 0.6) is 0 Å². The van der Waals surface area contributed by atoms with Gasteiger partial charge >= 0.3 is 0 Å². The summed E-state index contributed by atoms with van der Waals surface area (Å²) in [5.41, 5.74) is 1.94. The van der Waals surface area contributed by atoms with Crippen LogP contribution in [-0.2, 0) is 20.8 Å². The summed E-state index contributed by atoms with van der Waals surface area (Å²) in [5.74, 6) is -0.127. The summed E-state index contributed by atoms with van der Waals surface area (Å²) in [6.45, 7) is 1.78. The van der Waals surface area contributed by atoms with Gasteiger partial charge in [-0.05, 0) is 43.5 Å². The van der Waals surface area contributed by atoms with Gasteiger partial charge in [0.05, 0.1) is 19.3 Å². The molecule has 1 fully saturated rings. The molecule has 0 radical (unpaired) electrons. The van der Waals surface area contributed by atoms with Crippen LogP contribution in [0.3, 0.4) is 0 Å². The number of nitrogens with one attached hydrogen (secondary N) is 2. The molecule has 1 amide bonds. The molecule has 1 aromatic carbocycles. The predicted molar refractivity (Wildman–Crippen MR) is 89.6 cm³/mol. The number of aromatic amines is 1. The number of hydrogen-bond acceptors (Lipinski definition) is 3. The largest absolute Gasteiger partial charge is 0.376 e. The van der Waals surface area contributed by atoms with E-state index in [4.69, 9.17) is 21.1 Å². The summed E-state index contributed by atoms with van der Waals surface area (Å²) in [4.78, 5) is 15.1. The molecule has 2 heterocycles. The molecule has 2 N–H and O–H groups in total. The lowest BCUT2D eigenvalue weighted by molar-refractivity contribution is -0.128. The molecular weight excluding hydrogens is 316 g/mol. The fourth-order valence-corrected chi connectivity index (χ4v) is 2.91. The molecule has 0 spiro atoms. The second kappa shape index (κ2) is 7.81. The molecule has 1 saturated heterocycles. The molecule has 1 atom stereocenters. The number of aromatic nitrogens is 1. The van der Waals surface area contributed by atoms with Crippen LogP contribution in [0.4, 0.5) is 0 Å². The quantitative estimate of drug-likeness (QED) is 0.852. The van der Waals surface area contributed by atoms with E-state index in [1.807, 2.05) is 24.3 Å². The van der Waals surface area contributed by atoms with Crippen LogP contribution in [0, 0.1) is 0 Å². The summed E-state index contributed by atoms with van der Waals surface area (Å²) in [6.07, 6.45) is 3.44. The third-order valence-corrected chi connectivity index (χ3v) is 4.16. The van der Waals surface area contributed by atoms with Gasteiger partial charge in [0, 0.05) is 28.2 Å².